The van der Waals surface area contributed by atoms with Gasteiger partial charge in [-0.05, 0) is 6.92 Å². The van der Waals surface area contributed by atoms with Gasteiger partial charge in [0.05, 0.1) is 0 Å². The number of aliphatic hydroxyl groups is 1. The molecule has 0 saturated carbocycles. The molecule has 3 N–H and O–H groups in total. The van der Waals surface area contributed by atoms with Crippen molar-refractivity contribution in [2.24, 2.45) is 0 Å². The highest BCUT2D eigenvalue weighted by molar-refractivity contribution is 7.88. The van der Waals surface area contributed by atoms with Crippen LogP contribution in [0.2, 0.25) is 0 Å². The fourth-order valence-corrected chi connectivity index (χ4v) is 1.03. The first-order valence-electron chi connectivity index (χ1n) is 2.58. The van der Waals surface area contributed by atoms with Crippen LogP contribution in [0.5, 0.6) is 0 Å². The van der Waals surface area contributed by atoms with Gasteiger partial charge in [0, 0.05) is 0 Å². The number of carbonyl (C=O) groups excluding carboxylic acids is 1. The van der Waals surface area contributed by atoms with E-state index in [-0.39, 0.29) is 0 Å². The smallest absolute Gasteiger partial charge is 0.362 e. The van der Waals surface area contributed by atoms with E-state index < -0.39 is 26.8 Å². The Morgan fingerprint density at radius 1 is 1.33 bits per heavy atom. The largest absolute Gasteiger partial charge is 0.478 e. The van der Waals surface area contributed by atoms with Crippen molar-refractivity contribution in [3.05, 3.63) is 0 Å². The topological polar surface area (TPSA) is 129 Å². The van der Waals surface area contributed by atoms with Crippen molar-refractivity contribution in [1.29, 1.82) is 0 Å². The van der Waals surface area contributed by atoms with Gasteiger partial charge in [-0.15, -0.1) is 0 Å². The number of rotatable bonds is 3. The first-order chi connectivity index (χ1) is 5.14. The second-order valence-corrected chi connectivity index (χ2v) is 3.52. The molecule has 0 bridgehead atoms. The Morgan fingerprint density at radius 3 is 1.67 bits per heavy atom. The second kappa shape index (κ2) is 2.81. The number of hydrogen-bond donors (Lipinski definition) is 3. The summed E-state index contributed by atoms with van der Waals surface area (Å²) in [5, 5.41) is 16.8. The molecule has 0 aromatic rings. The van der Waals surface area contributed by atoms with E-state index in [1.807, 2.05) is 0 Å². The minimum absolute atomic E-state index is 0.530. The zero-order valence-corrected chi connectivity index (χ0v) is 6.70. The molecule has 0 spiro atoms. The van der Waals surface area contributed by atoms with Crippen molar-refractivity contribution in [1.82, 2.24) is 0 Å². The SMILES string of the molecule is CC(=O)C(O)(C(=O)O)S(=O)(=O)O. The molecule has 70 valence electrons. The molecular weight excluding hydrogens is 192 g/mol. The molecule has 0 saturated heterocycles. The number of hydrogen-bond acceptors (Lipinski definition) is 5. The fraction of sp³-hybridized carbons (Fsp3) is 0.500. The van der Waals surface area contributed by atoms with Crippen LogP contribution < -0.4 is 0 Å². The lowest BCUT2D eigenvalue weighted by Crippen LogP contribution is -2.51. The van der Waals surface area contributed by atoms with E-state index in [1.165, 1.54) is 0 Å². The van der Waals surface area contributed by atoms with Crippen LogP contribution in [-0.4, -0.2) is 39.9 Å². The quantitative estimate of drug-likeness (QED) is 0.361. The van der Waals surface area contributed by atoms with Gasteiger partial charge in [-0.2, -0.15) is 8.42 Å². The van der Waals surface area contributed by atoms with E-state index in [9.17, 15) is 18.0 Å². The maximum absolute atomic E-state index is 10.4. The zero-order chi connectivity index (χ0) is 10.2. The monoisotopic (exact) mass is 198 g/mol. The van der Waals surface area contributed by atoms with E-state index in [2.05, 4.69) is 0 Å². The number of Topliss-reactive ketones (excluding diaryl/α,β-unsaturated/α-hetero) is 1. The van der Waals surface area contributed by atoms with Gasteiger partial charge in [-0.1, -0.05) is 0 Å². The molecular formula is C4H6O7S. The van der Waals surface area contributed by atoms with Gasteiger partial charge in [0.2, 0.25) is 0 Å². The van der Waals surface area contributed by atoms with Crippen molar-refractivity contribution in [2.75, 3.05) is 0 Å². The van der Waals surface area contributed by atoms with Crippen LogP contribution in [-0.2, 0) is 19.7 Å². The van der Waals surface area contributed by atoms with Crippen LogP contribution in [0.1, 0.15) is 6.92 Å². The van der Waals surface area contributed by atoms with Crippen LogP contribution in [0.15, 0.2) is 0 Å². The van der Waals surface area contributed by atoms with Crippen LogP contribution in [0.4, 0.5) is 0 Å². The summed E-state index contributed by atoms with van der Waals surface area (Å²) in [5.41, 5.74) is 0. The Morgan fingerprint density at radius 2 is 1.67 bits per heavy atom. The third kappa shape index (κ3) is 1.44. The Labute approximate surface area is 67.4 Å². The number of aliphatic carboxylic acids is 1. The third-order valence-corrected chi connectivity index (χ3v) is 2.35. The molecule has 0 aliphatic heterocycles. The van der Waals surface area contributed by atoms with E-state index in [0.29, 0.717) is 6.92 Å². The normalized spacial score (nSPS) is 16.6. The van der Waals surface area contributed by atoms with Gasteiger partial charge in [0.1, 0.15) is 0 Å². The first kappa shape index (κ1) is 11.0. The standard InChI is InChI=1S/C4H6O7S/c1-2(5)4(8,3(6)7)12(9,10)11/h8H,1H3,(H,6,7)(H,9,10,11). The molecule has 0 aliphatic carbocycles. The predicted molar refractivity (Wildman–Crippen MR) is 34.8 cm³/mol. The summed E-state index contributed by atoms with van der Waals surface area (Å²) >= 11 is 0. The molecule has 1 unspecified atom stereocenters. The molecule has 0 rings (SSSR count). The Hall–Kier alpha value is -0.990. The third-order valence-electron chi connectivity index (χ3n) is 1.14. The molecule has 0 aromatic heterocycles. The molecule has 0 radical (unpaired) electrons. The molecule has 0 heterocycles. The molecule has 7 nitrogen and oxygen atoms in total. The number of carbonyl (C=O) groups is 2. The van der Waals surface area contributed by atoms with Crippen molar-refractivity contribution < 1.29 is 32.8 Å². The van der Waals surface area contributed by atoms with E-state index in [1.54, 1.807) is 0 Å². The molecule has 0 aliphatic rings. The van der Waals surface area contributed by atoms with Crippen LogP contribution in [0, 0.1) is 0 Å². The van der Waals surface area contributed by atoms with Crippen molar-refractivity contribution in [3.8, 4) is 0 Å². The van der Waals surface area contributed by atoms with Crippen molar-refractivity contribution >= 4 is 21.9 Å². The minimum atomic E-state index is -5.36. The molecule has 1 atom stereocenters. The molecule has 0 aromatic carbocycles. The van der Waals surface area contributed by atoms with Crippen LogP contribution >= 0.6 is 0 Å². The molecule has 0 fully saturated rings. The lowest BCUT2D eigenvalue weighted by atomic mass is 10.2. The van der Waals surface area contributed by atoms with Crippen molar-refractivity contribution in [3.63, 3.8) is 0 Å². The average molecular weight is 198 g/mol. The second-order valence-electron chi connectivity index (χ2n) is 1.98. The summed E-state index contributed by atoms with van der Waals surface area (Å²) in [6.07, 6.45) is 0. The minimum Gasteiger partial charge on any atom is -0.478 e. The summed E-state index contributed by atoms with van der Waals surface area (Å²) in [6, 6.07) is 0. The molecule has 8 heteroatoms. The van der Waals surface area contributed by atoms with Gasteiger partial charge < -0.3 is 10.2 Å². The van der Waals surface area contributed by atoms with Crippen LogP contribution in [0.25, 0.3) is 0 Å². The summed E-state index contributed by atoms with van der Waals surface area (Å²) in [5.74, 6) is -3.92. The van der Waals surface area contributed by atoms with E-state index in [4.69, 9.17) is 14.8 Å². The van der Waals surface area contributed by atoms with E-state index >= 15 is 0 Å². The highest BCUT2D eigenvalue weighted by Crippen LogP contribution is 2.13. The van der Waals surface area contributed by atoms with Gasteiger partial charge >= 0.3 is 21.0 Å². The van der Waals surface area contributed by atoms with E-state index in [0.717, 1.165) is 0 Å². The van der Waals surface area contributed by atoms with Gasteiger partial charge in [0.25, 0.3) is 0 Å². The summed E-state index contributed by atoms with van der Waals surface area (Å²) in [4.78, 5) is 16.7. The predicted octanol–water partition coefficient (Wildman–Crippen LogP) is -1.76. The molecule has 0 amide bonds. The van der Waals surface area contributed by atoms with Crippen LogP contribution in [0.3, 0.4) is 0 Å². The number of ketones is 1. The zero-order valence-electron chi connectivity index (χ0n) is 5.88. The number of carboxylic acid groups (broad SMARTS) is 1. The Kier molecular flexibility index (Phi) is 2.58. The maximum Gasteiger partial charge on any atom is 0.362 e. The van der Waals surface area contributed by atoms with Crippen molar-refractivity contribution in [2.45, 2.75) is 11.9 Å². The van der Waals surface area contributed by atoms with Gasteiger partial charge in [-0.3, -0.25) is 9.35 Å². The highest BCUT2D eigenvalue weighted by Gasteiger charge is 2.54. The highest BCUT2D eigenvalue weighted by atomic mass is 32.2. The number of carboxylic acids is 1. The Bertz CT molecular complexity index is 298. The lowest BCUT2D eigenvalue weighted by molar-refractivity contribution is -0.155. The lowest BCUT2D eigenvalue weighted by Gasteiger charge is -2.15. The Balaban J connectivity index is 5.49. The fourth-order valence-electron chi connectivity index (χ4n) is 0.443. The molecule has 12 heavy (non-hydrogen) atoms. The van der Waals surface area contributed by atoms with Gasteiger partial charge in [0.15, 0.2) is 5.78 Å². The first-order valence-corrected chi connectivity index (χ1v) is 4.02. The summed E-state index contributed by atoms with van der Waals surface area (Å²) < 4.78 is 28.7. The maximum atomic E-state index is 10.4. The summed E-state index contributed by atoms with van der Waals surface area (Å²) in [7, 11) is -5.36. The summed E-state index contributed by atoms with van der Waals surface area (Å²) in [6.45, 7) is 0.530. The van der Waals surface area contributed by atoms with Gasteiger partial charge in [-0.25, -0.2) is 4.79 Å². The average Bonchev–Trinajstić information content (AvgIpc) is 1.82.